The number of aromatic amines is 1. The van der Waals surface area contributed by atoms with Gasteiger partial charge in [-0.15, -0.1) is 21.8 Å². The van der Waals surface area contributed by atoms with Crippen molar-refractivity contribution >= 4 is 56.9 Å². The van der Waals surface area contributed by atoms with Crippen LogP contribution in [-0.4, -0.2) is 59.0 Å². The number of H-pyrrole nitrogens is 1. The fourth-order valence-corrected chi connectivity index (χ4v) is 5.67. The number of aromatic nitrogens is 12. The molecule has 0 radical (unpaired) electrons. The van der Waals surface area contributed by atoms with E-state index in [0.29, 0.717) is 69.4 Å². The number of halogens is 3. The topological polar surface area (TPSA) is 228 Å². The van der Waals surface area contributed by atoms with Gasteiger partial charge in [0.2, 0.25) is 11.8 Å². The minimum absolute atomic E-state index is 0.0146. The number of aryl methyl sites for hydroxylation is 6. The van der Waals surface area contributed by atoms with E-state index >= 15 is 0 Å². The van der Waals surface area contributed by atoms with Crippen LogP contribution in [-0.2, 0) is 38.4 Å². The molecule has 2 aromatic carbocycles. The Labute approximate surface area is 335 Å². The first-order valence-electron chi connectivity index (χ1n) is 17.0. The number of hydrogen-bond donors (Lipinski definition) is 1. The largest absolute Gasteiger partial charge is 0.437 e. The molecular formula is C36H31Cl3N12O6. The van der Waals surface area contributed by atoms with Crippen molar-refractivity contribution in [3.05, 3.63) is 160 Å². The summed E-state index contributed by atoms with van der Waals surface area (Å²) in [5.41, 5.74) is 3.53. The fraction of sp³-hybridized carbons (Fsp3) is 0.222. The van der Waals surface area contributed by atoms with Crippen molar-refractivity contribution in [2.45, 2.75) is 52.2 Å². The van der Waals surface area contributed by atoms with Gasteiger partial charge >= 0.3 is 11.5 Å². The Morgan fingerprint density at radius 2 is 1.16 bits per heavy atom. The van der Waals surface area contributed by atoms with E-state index in [2.05, 4.69) is 45.1 Å². The second kappa shape index (κ2) is 18.5. The summed E-state index contributed by atoms with van der Waals surface area (Å²) in [6, 6.07) is 14.8. The van der Waals surface area contributed by atoms with Crippen LogP contribution in [0.2, 0.25) is 10.0 Å². The van der Waals surface area contributed by atoms with Crippen molar-refractivity contribution < 1.29 is 8.83 Å². The van der Waals surface area contributed by atoms with Crippen LogP contribution in [0.25, 0.3) is 22.1 Å². The smallest absolute Gasteiger partial charge is 0.391 e. The fourth-order valence-electron chi connectivity index (χ4n) is 5.31. The summed E-state index contributed by atoms with van der Waals surface area (Å²) in [6.45, 7) is 4.26. The molecule has 1 N–H and O–H groups in total. The van der Waals surface area contributed by atoms with Crippen molar-refractivity contribution in [3.8, 4) is 0 Å². The number of alkyl halides is 1. The summed E-state index contributed by atoms with van der Waals surface area (Å²) in [6.07, 6.45) is 6.71. The van der Waals surface area contributed by atoms with E-state index in [1.807, 2.05) is 36.4 Å². The molecule has 0 aliphatic rings. The normalized spacial score (nSPS) is 10.9. The van der Waals surface area contributed by atoms with Crippen LogP contribution >= 0.6 is 34.8 Å². The number of benzene rings is 2. The first-order chi connectivity index (χ1) is 27.5. The Morgan fingerprint density at radius 3 is 1.68 bits per heavy atom. The molecule has 8 rings (SSSR count). The maximum absolute atomic E-state index is 12.7. The Bertz CT molecular complexity index is 2860. The van der Waals surface area contributed by atoms with Gasteiger partial charge in [-0.3, -0.25) is 14.2 Å². The number of nitrogens with zero attached hydrogens (tertiary/aromatic N) is 11. The van der Waals surface area contributed by atoms with E-state index < -0.39 is 11.5 Å². The van der Waals surface area contributed by atoms with E-state index in [1.165, 1.54) is 39.2 Å². The highest BCUT2D eigenvalue weighted by atomic mass is 35.5. The van der Waals surface area contributed by atoms with Gasteiger partial charge in [-0.2, -0.15) is 9.36 Å². The molecule has 57 heavy (non-hydrogen) atoms. The zero-order chi connectivity index (χ0) is 40.5. The van der Waals surface area contributed by atoms with Crippen molar-refractivity contribution in [1.29, 1.82) is 0 Å². The Kier molecular flexibility index (Phi) is 13.1. The minimum Gasteiger partial charge on any atom is -0.391 e. The third-order valence-electron chi connectivity index (χ3n) is 8.20. The third-order valence-corrected chi connectivity index (χ3v) is 8.94. The predicted octanol–water partition coefficient (Wildman–Crippen LogP) is 4.08. The molecule has 8 aromatic rings. The molecule has 0 saturated carbocycles. The predicted molar refractivity (Wildman–Crippen MR) is 210 cm³/mol. The molecule has 0 unspecified atom stereocenters. The Hall–Kier alpha value is -6.37. The maximum atomic E-state index is 12.7. The summed E-state index contributed by atoms with van der Waals surface area (Å²) in [5.74, 6) is -0.588. The summed E-state index contributed by atoms with van der Waals surface area (Å²) in [4.78, 5) is 73.6. The number of rotatable bonds is 9. The number of fused-ring (bicyclic) bond motifs is 2. The molecule has 0 atom stereocenters. The molecule has 0 amide bonds. The number of hydrogen-bond acceptors (Lipinski definition) is 14. The summed E-state index contributed by atoms with van der Waals surface area (Å²) < 4.78 is 13.8. The van der Waals surface area contributed by atoms with Gasteiger partial charge in [-0.25, -0.2) is 39.5 Å². The monoisotopic (exact) mass is 832 g/mol. The Balaban J connectivity index is 0.000000160. The quantitative estimate of drug-likeness (QED) is 0.202. The molecule has 0 fully saturated rings. The van der Waals surface area contributed by atoms with Crippen molar-refractivity contribution in [2.24, 2.45) is 0 Å². The van der Waals surface area contributed by atoms with Gasteiger partial charge in [0.25, 0.3) is 11.1 Å². The molecule has 292 valence electrons. The van der Waals surface area contributed by atoms with Crippen LogP contribution in [0.5, 0.6) is 0 Å². The van der Waals surface area contributed by atoms with Crippen molar-refractivity contribution in [3.63, 3.8) is 0 Å². The van der Waals surface area contributed by atoms with E-state index in [-0.39, 0.29) is 35.3 Å². The molecule has 0 aliphatic heterocycles. The zero-order valence-electron chi connectivity index (χ0n) is 30.2. The van der Waals surface area contributed by atoms with E-state index in [4.69, 9.17) is 43.6 Å². The third kappa shape index (κ3) is 10.3. The summed E-state index contributed by atoms with van der Waals surface area (Å²) in [5, 5.41) is 10.2. The Morgan fingerprint density at radius 1 is 0.649 bits per heavy atom. The van der Waals surface area contributed by atoms with E-state index in [0.717, 1.165) is 11.1 Å². The second-order valence-corrected chi connectivity index (χ2v) is 13.2. The van der Waals surface area contributed by atoms with Crippen LogP contribution in [0, 0.1) is 13.8 Å². The van der Waals surface area contributed by atoms with Crippen LogP contribution in [0.4, 0.5) is 0 Å². The molecule has 0 bridgehead atoms. The van der Waals surface area contributed by atoms with Crippen molar-refractivity contribution in [2.75, 3.05) is 0 Å². The lowest BCUT2D eigenvalue weighted by Crippen LogP contribution is -2.23. The van der Waals surface area contributed by atoms with E-state index in [9.17, 15) is 19.2 Å². The highest BCUT2D eigenvalue weighted by Gasteiger charge is 2.14. The van der Waals surface area contributed by atoms with Crippen LogP contribution in [0.1, 0.15) is 34.3 Å². The van der Waals surface area contributed by atoms with Gasteiger partial charge in [0.05, 0.1) is 30.8 Å². The first kappa shape index (κ1) is 40.3. The zero-order valence-corrected chi connectivity index (χ0v) is 32.4. The highest BCUT2D eigenvalue weighted by molar-refractivity contribution is 6.30. The molecule has 6 aromatic heterocycles. The van der Waals surface area contributed by atoms with Gasteiger partial charge in [0.1, 0.15) is 42.2 Å². The second-order valence-electron chi connectivity index (χ2n) is 12.1. The first-order valence-corrected chi connectivity index (χ1v) is 18.3. The van der Waals surface area contributed by atoms with Crippen LogP contribution < -0.4 is 22.6 Å². The lowest BCUT2D eigenvalue weighted by Gasteiger charge is -2.04. The molecule has 0 saturated heterocycles. The average Bonchev–Trinajstić information content (AvgIpc) is 3.75. The average molecular weight is 834 g/mol. The number of nitrogens with one attached hydrogen (secondary N) is 1. The summed E-state index contributed by atoms with van der Waals surface area (Å²) >= 11 is 17.2. The minimum atomic E-state index is -0.578. The molecule has 6 heterocycles. The van der Waals surface area contributed by atoms with E-state index in [1.54, 1.807) is 26.0 Å². The lowest BCUT2D eigenvalue weighted by molar-refractivity contribution is 0.434. The summed E-state index contributed by atoms with van der Waals surface area (Å²) in [7, 11) is 0. The van der Waals surface area contributed by atoms with Crippen LogP contribution in [0.3, 0.4) is 0 Å². The van der Waals surface area contributed by atoms with Crippen LogP contribution in [0.15, 0.2) is 102 Å². The van der Waals surface area contributed by atoms with Gasteiger partial charge in [0, 0.05) is 10.0 Å². The van der Waals surface area contributed by atoms with Crippen molar-refractivity contribution in [1.82, 2.24) is 59.0 Å². The van der Waals surface area contributed by atoms with Gasteiger partial charge < -0.3 is 13.8 Å². The standard InChI is InChI=1S/C18H15ClN6O3.C11H10Cl2N2O2.C7H6N4O/c1-11-15-16(21-9-20-11)22-10-24(17(15)26)8-14-23-25(18(27)28-14)7-6-12-2-4-13(19)5-3-12;12-7-10-14-15(11(16)17-10)6-5-8-1-3-9(13)4-2-8;1-4-5-6(9-2-8-4)10-3-11-7(5)12/h2-5,9-10H,6-8H2,1H3;1-4H,5-7H2;2-3H,1H3,(H,8,9,10,11,12). The molecular weight excluding hydrogens is 803 g/mol. The molecule has 21 heteroatoms. The molecule has 0 aliphatic carbocycles. The molecule has 18 nitrogen and oxygen atoms in total. The lowest BCUT2D eigenvalue weighted by atomic mass is 10.1. The van der Waals surface area contributed by atoms with Gasteiger partial charge in [-0.1, -0.05) is 47.5 Å². The maximum Gasteiger partial charge on any atom is 0.437 e. The van der Waals surface area contributed by atoms with Gasteiger partial charge in [0.15, 0.2) is 11.3 Å². The SMILES string of the molecule is Cc1ncnc2nc[nH]c(=O)c12.Cc1ncnc2ncn(Cc3nn(CCc4ccc(Cl)cc4)c(=O)o3)c(=O)c12.O=c1oc(CCl)nn1CCc1ccc(Cl)cc1. The molecule has 0 spiro atoms. The highest BCUT2D eigenvalue weighted by Crippen LogP contribution is 2.12. The van der Waals surface area contributed by atoms with Gasteiger partial charge in [-0.05, 0) is 62.1 Å².